The minimum atomic E-state index is -0.697. The first-order valence-corrected chi connectivity index (χ1v) is 8.94. The highest BCUT2D eigenvalue weighted by Gasteiger charge is 2.65. The van der Waals surface area contributed by atoms with Crippen molar-refractivity contribution in [2.24, 2.45) is 0 Å². The predicted octanol–water partition coefficient (Wildman–Crippen LogP) is 1.63. The first-order valence-electron chi connectivity index (χ1n) is 8.94. The van der Waals surface area contributed by atoms with Gasteiger partial charge in [-0.25, -0.2) is 4.98 Å². The van der Waals surface area contributed by atoms with Gasteiger partial charge in [-0.05, 0) is 12.5 Å². The second kappa shape index (κ2) is 5.41. The summed E-state index contributed by atoms with van der Waals surface area (Å²) in [6, 6.07) is 9.70. The number of carbonyl (C=O) groups is 2. The van der Waals surface area contributed by atoms with E-state index in [4.69, 9.17) is 4.74 Å². The van der Waals surface area contributed by atoms with Gasteiger partial charge in [0.2, 0.25) is 5.91 Å². The maximum absolute atomic E-state index is 13.0. The molecule has 1 aromatic heterocycles. The summed E-state index contributed by atoms with van der Waals surface area (Å²) in [4.78, 5) is 36.3. The van der Waals surface area contributed by atoms with Crippen LogP contribution in [0.15, 0.2) is 36.7 Å². The lowest BCUT2D eigenvalue weighted by Crippen LogP contribution is -2.48. The number of nitrogens with zero attached hydrogens (tertiary/aromatic N) is 3. The summed E-state index contributed by atoms with van der Waals surface area (Å²) < 4.78 is 6.46. The molecule has 5 rings (SSSR count). The van der Waals surface area contributed by atoms with Crippen LogP contribution in [0.3, 0.4) is 0 Å². The molecule has 3 fully saturated rings. The molecule has 3 atom stereocenters. The largest absolute Gasteiger partial charge is 0.348 e. The van der Waals surface area contributed by atoms with E-state index in [1.165, 1.54) is 6.33 Å². The van der Waals surface area contributed by atoms with Gasteiger partial charge in [0, 0.05) is 18.7 Å². The molecule has 7 heteroatoms. The van der Waals surface area contributed by atoms with Crippen LogP contribution in [0.1, 0.15) is 40.7 Å². The van der Waals surface area contributed by atoms with Gasteiger partial charge in [-0.15, -0.1) is 0 Å². The van der Waals surface area contributed by atoms with E-state index in [1.807, 2.05) is 42.2 Å². The fourth-order valence-electron chi connectivity index (χ4n) is 4.62. The number of carbonyl (C=O) groups excluding carboxylic acids is 2. The second-order valence-electron chi connectivity index (χ2n) is 7.21. The highest BCUT2D eigenvalue weighted by atomic mass is 16.5. The first-order chi connectivity index (χ1) is 12.6. The van der Waals surface area contributed by atoms with E-state index in [1.54, 1.807) is 4.90 Å². The number of likely N-dealkylation sites (tertiary alicyclic amines) is 1. The van der Waals surface area contributed by atoms with E-state index < -0.39 is 5.72 Å². The van der Waals surface area contributed by atoms with Gasteiger partial charge < -0.3 is 19.5 Å². The van der Waals surface area contributed by atoms with Crippen LogP contribution in [-0.2, 0) is 9.53 Å². The van der Waals surface area contributed by atoms with Gasteiger partial charge in [-0.3, -0.25) is 9.59 Å². The predicted molar refractivity (Wildman–Crippen MR) is 92.1 cm³/mol. The van der Waals surface area contributed by atoms with Crippen molar-refractivity contribution in [1.82, 2.24) is 19.8 Å². The summed E-state index contributed by atoms with van der Waals surface area (Å²) >= 11 is 0. The Labute approximate surface area is 151 Å². The number of nitrogens with one attached hydrogen (secondary N) is 1. The summed E-state index contributed by atoms with van der Waals surface area (Å²) in [5.74, 6) is -0.0725. The number of aromatic amines is 1. The molecule has 0 unspecified atom stereocenters. The Morgan fingerprint density at radius 2 is 2.15 bits per heavy atom. The average Bonchev–Trinajstić information content (AvgIpc) is 3.37. The van der Waals surface area contributed by atoms with Crippen LogP contribution in [0, 0.1) is 6.92 Å². The fraction of sp³-hybridized carbons (Fsp3) is 0.421. The molecule has 2 aromatic rings. The number of imidazole rings is 1. The molecule has 3 aliphatic rings. The fourth-order valence-corrected chi connectivity index (χ4v) is 4.62. The molecule has 0 aliphatic carbocycles. The third-order valence-electron chi connectivity index (χ3n) is 5.89. The quantitative estimate of drug-likeness (QED) is 0.891. The molecule has 2 amide bonds. The maximum atomic E-state index is 13.0. The van der Waals surface area contributed by atoms with Crippen molar-refractivity contribution < 1.29 is 14.3 Å². The average molecular weight is 352 g/mol. The highest BCUT2D eigenvalue weighted by molar-refractivity contribution is 5.95. The van der Waals surface area contributed by atoms with Crippen molar-refractivity contribution in [1.29, 1.82) is 0 Å². The number of rotatable bonds is 2. The number of aryl methyl sites for hydroxylation is 1. The SMILES string of the molecule is Cc1[nH]cnc1C(=O)N1CC[C@@]23O[C@@H](c4ccccc4)CN2C(=O)C[C@@H]13. The standard InChI is InChI=1S/C19H20N4O3/c1-12-17(21-11-20-12)18(25)22-8-7-19-15(22)9-16(24)23(19)10-14(26-19)13-5-3-2-4-6-13/h2-6,11,14-15H,7-10H2,1H3,(H,20,21)/t14-,15-,19+/m1/s1. The minimum Gasteiger partial charge on any atom is -0.348 e. The molecule has 1 aromatic carbocycles. The van der Waals surface area contributed by atoms with E-state index in [0.29, 0.717) is 31.6 Å². The molecule has 0 saturated carbocycles. The van der Waals surface area contributed by atoms with Gasteiger partial charge in [0.25, 0.3) is 5.91 Å². The van der Waals surface area contributed by atoms with Crippen LogP contribution in [0.4, 0.5) is 0 Å². The van der Waals surface area contributed by atoms with E-state index in [-0.39, 0.29) is 24.0 Å². The number of benzene rings is 1. The molecule has 0 bridgehead atoms. The van der Waals surface area contributed by atoms with Gasteiger partial charge in [-0.2, -0.15) is 0 Å². The van der Waals surface area contributed by atoms with Gasteiger partial charge >= 0.3 is 0 Å². The number of ether oxygens (including phenoxy) is 1. The van der Waals surface area contributed by atoms with Crippen LogP contribution < -0.4 is 0 Å². The van der Waals surface area contributed by atoms with Crippen molar-refractivity contribution in [2.75, 3.05) is 13.1 Å². The van der Waals surface area contributed by atoms with Crippen molar-refractivity contribution >= 4 is 11.8 Å². The van der Waals surface area contributed by atoms with Crippen LogP contribution in [0.25, 0.3) is 0 Å². The molecule has 3 aliphatic heterocycles. The zero-order valence-corrected chi connectivity index (χ0v) is 14.5. The van der Waals surface area contributed by atoms with Crippen LogP contribution in [-0.4, -0.2) is 56.4 Å². The molecule has 4 heterocycles. The van der Waals surface area contributed by atoms with Crippen molar-refractivity contribution in [3.63, 3.8) is 0 Å². The van der Waals surface area contributed by atoms with Crippen molar-refractivity contribution in [2.45, 2.75) is 37.6 Å². The van der Waals surface area contributed by atoms with Crippen molar-refractivity contribution in [3.05, 3.63) is 53.6 Å². The van der Waals surface area contributed by atoms with E-state index >= 15 is 0 Å². The zero-order valence-electron chi connectivity index (χ0n) is 14.5. The van der Waals surface area contributed by atoms with Gasteiger partial charge in [0.1, 0.15) is 11.8 Å². The minimum absolute atomic E-state index is 0.0599. The summed E-state index contributed by atoms with van der Waals surface area (Å²) in [6.07, 6.45) is 2.33. The molecule has 26 heavy (non-hydrogen) atoms. The molecular weight excluding hydrogens is 332 g/mol. The molecule has 1 spiro atoms. The molecule has 134 valence electrons. The molecule has 0 radical (unpaired) electrons. The number of hydrogen-bond acceptors (Lipinski definition) is 4. The first kappa shape index (κ1) is 15.6. The number of amides is 2. The lowest BCUT2D eigenvalue weighted by molar-refractivity contribution is -0.138. The van der Waals surface area contributed by atoms with Gasteiger partial charge in [0.15, 0.2) is 5.72 Å². The van der Waals surface area contributed by atoms with Gasteiger partial charge in [0.05, 0.1) is 25.3 Å². The number of H-pyrrole nitrogens is 1. The smallest absolute Gasteiger partial charge is 0.274 e. The summed E-state index contributed by atoms with van der Waals surface area (Å²) in [6.45, 7) is 2.94. The topological polar surface area (TPSA) is 78.5 Å². The Hall–Kier alpha value is -2.67. The Balaban J connectivity index is 1.46. The summed E-state index contributed by atoms with van der Waals surface area (Å²) in [7, 11) is 0. The normalized spacial score (nSPS) is 30.0. The van der Waals surface area contributed by atoms with E-state index in [2.05, 4.69) is 9.97 Å². The monoisotopic (exact) mass is 352 g/mol. The van der Waals surface area contributed by atoms with Crippen LogP contribution in [0.2, 0.25) is 0 Å². The summed E-state index contributed by atoms with van der Waals surface area (Å²) in [5.41, 5.74) is 1.53. The van der Waals surface area contributed by atoms with Crippen LogP contribution >= 0.6 is 0 Å². The van der Waals surface area contributed by atoms with E-state index in [0.717, 1.165) is 11.3 Å². The molecular formula is C19H20N4O3. The third kappa shape index (κ3) is 2.00. The Morgan fingerprint density at radius 3 is 2.88 bits per heavy atom. The molecule has 7 nitrogen and oxygen atoms in total. The second-order valence-corrected chi connectivity index (χ2v) is 7.21. The molecule has 1 N–H and O–H groups in total. The number of hydrogen-bond donors (Lipinski definition) is 1. The molecule has 3 saturated heterocycles. The summed E-state index contributed by atoms with van der Waals surface area (Å²) in [5, 5.41) is 0. The lowest BCUT2D eigenvalue weighted by atomic mass is 10.1. The van der Waals surface area contributed by atoms with Crippen LogP contribution in [0.5, 0.6) is 0 Å². The Kier molecular flexibility index (Phi) is 3.24. The zero-order chi connectivity index (χ0) is 17.9. The van der Waals surface area contributed by atoms with Crippen molar-refractivity contribution in [3.8, 4) is 0 Å². The lowest BCUT2D eigenvalue weighted by Gasteiger charge is -2.31. The maximum Gasteiger partial charge on any atom is 0.274 e. The Bertz CT molecular complexity index is 880. The third-order valence-corrected chi connectivity index (χ3v) is 5.89. The Morgan fingerprint density at radius 1 is 1.35 bits per heavy atom. The highest BCUT2D eigenvalue weighted by Crippen LogP contribution is 2.50. The van der Waals surface area contributed by atoms with Gasteiger partial charge in [-0.1, -0.05) is 30.3 Å². The number of aromatic nitrogens is 2. The van der Waals surface area contributed by atoms with E-state index in [9.17, 15) is 9.59 Å².